The average molecular weight is 270 g/mol. The van der Waals surface area contributed by atoms with E-state index >= 15 is 0 Å². The molecule has 0 aliphatic rings. The van der Waals surface area contributed by atoms with Gasteiger partial charge in [0.05, 0.1) is 11.3 Å². The molecule has 0 saturated carbocycles. The van der Waals surface area contributed by atoms with Crippen molar-refractivity contribution in [2.75, 3.05) is 18.0 Å². The van der Waals surface area contributed by atoms with E-state index < -0.39 is 5.97 Å². The summed E-state index contributed by atoms with van der Waals surface area (Å²) >= 11 is 5.97. The normalized spacial score (nSPS) is 12.2. The largest absolute Gasteiger partial charge is 0.478 e. The quantitative estimate of drug-likeness (QED) is 0.851. The first kappa shape index (κ1) is 14.8. The van der Waals surface area contributed by atoms with Gasteiger partial charge in [-0.05, 0) is 31.0 Å². The van der Waals surface area contributed by atoms with Crippen LogP contribution in [0.15, 0.2) is 18.2 Å². The van der Waals surface area contributed by atoms with Gasteiger partial charge in [-0.15, -0.1) is 0 Å². The van der Waals surface area contributed by atoms with Gasteiger partial charge in [0.2, 0.25) is 0 Å². The second-order valence-electron chi connectivity index (χ2n) is 4.52. The number of benzene rings is 1. The van der Waals surface area contributed by atoms with Gasteiger partial charge >= 0.3 is 5.97 Å². The van der Waals surface area contributed by atoms with Crippen molar-refractivity contribution in [2.45, 2.75) is 27.2 Å². The number of hydrogen-bond donors (Lipinski definition) is 1. The van der Waals surface area contributed by atoms with Gasteiger partial charge in [-0.1, -0.05) is 31.9 Å². The highest BCUT2D eigenvalue weighted by Crippen LogP contribution is 2.26. The minimum absolute atomic E-state index is 0.310. The van der Waals surface area contributed by atoms with Crippen LogP contribution in [0.25, 0.3) is 0 Å². The third-order valence-corrected chi connectivity index (χ3v) is 3.38. The lowest BCUT2D eigenvalue weighted by Gasteiger charge is -2.27. The number of rotatable bonds is 6. The summed E-state index contributed by atoms with van der Waals surface area (Å²) in [5.74, 6) is -0.394. The van der Waals surface area contributed by atoms with Crippen molar-refractivity contribution in [3.05, 3.63) is 28.8 Å². The SMILES string of the molecule is CCC(C)CN(CC)c1cc(Cl)ccc1C(=O)O. The number of anilines is 1. The van der Waals surface area contributed by atoms with E-state index in [0.717, 1.165) is 19.5 Å². The lowest BCUT2D eigenvalue weighted by atomic mass is 10.1. The van der Waals surface area contributed by atoms with Crippen molar-refractivity contribution in [1.82, 2.24) is 0 Å². The van der Waals surface area contributed by atoms with Crippen LogP contribution in [0, 0.1) is 5.92 Å². The number of carboxylic acids is 1. The van der Waals surface area contributed by atoms with E-state index in [1.165, 1.54) is 0 Å². The Bertz CT molecular complexity index is 420. The third kappa shape index (κ3) is 3.64. The summed E-state index contributed by atoms with van der Waals surface area (Å²) < 4.78 is 0. The highest BCUT2D eigenvalue weighted by atomic mass is 35.5. The number of hydrogen-bond acceptors (Lipinski definition) is 2. The molecule has 1 aromatic carbocycles. The van der Waals surface area contributed by atoms with E-state index in [4.69, 9.17) is 11.6 Å². The van der Waals surface area contributed by atoms with Crippen molar-refractivity contribution in [2.24, 2.45) is 5.92 Å². The molecule has 0 saturated heterocycles. The Morgan fingerprint density at radius 2 is 2.11 bits per heavy atom. The molecule has 1 N–H and O–H groups in total. The van der Waals surface area contributed by atoms with E-state index in [9.17, 15) is 9.90 Å². The molecule has 1 atom stereocenters. The predicted octanol–water partition coefficient (Wildman–Crippen LogP) is 3.91. The highest BCUT2D eigenvalue weighted by Gasteiger charge is 2.16. The minimum Gasteiger partial charge on any atom is -0.478 e. The van der Waals surface area contributed by atoms with E-state index in [1.807, 2.05) is 6.92 Å². The molecule has 1 unspecified atom stereocenters. The first-order chi connectivity index (χ1) is 8.49. The van der Waals surface area contributed by atoms with Crippen LogP contribution >= 0.6 is 11.6 Å². The maximum atomic E-state index is 11.2. The number of nitrogens with zero attached hydrogens (tertiary/aromatic N) is 1. The fourth-order valence-corrected chi connectivity index (χ4v) is 2.02. The molecule has 0 bridgehead atoms. The van der Waals surface area contributed by atoms with E-state index in [0.29, 0.717) is 22.2 Å². The van der Waals surface area contributed by atoms with Crippen LogP contribution in [0.1, 0.15) is 37.6 Å². The van der Waals surface area contributed by atoms with Crippen LogP contribution < -0.4 is 4.90 Å². The summed E-state index contributed by atoms with van der Waals surface area (Å²) in [7, 11) is 0. The van der Waals surface area contributed by atoms with E-state index in [-0.39, 0.29) is 0 Å². The first-order valence-corrected chi connectivity index (χ1v) is 6.65. The molecule has 100 valence electrons. The van der Waals surface area contributed by atoms with Crippen LogP contribution in [0.3, 0.4) is 0 Å². The molecule has 0 aromatic heterocycles. The van der Waals surface area contributed by atoms with Gasteiger partial charge in [0.15, 0.2) is 0 Å². The van der Waals surface area contributed by atoms with Gasteiger partial charge < -0.3 is 10.0 Å². The number of carboxylic acid groups (broad SMARTS) is 1. The van der Waals surface area contributed by atoms with E-state index in [1.54, 1.807) is 18.2 Å². The molecule has 0 heterocycles. The Morgan fingerprint density at radius 1 is 1.44 bits per heavy atom. The minimum atomic E-state index is -0.913. The summed E-state index contributed by atoms with van der Waals surface area (Å²) in [6.45, 7) is 7.93. The summed E-state index contributed by atoms with van der Waals surface area (Å²) in [5.41, 5.74) is 1.02. The average Bonchev–Trinajstić information content (AvgIpc) is 2.35. The summed E-state index contributed by atoms with van der Waals surface area (Å²) in [5, 5.41) is 9.79. The summed E-state index contributed by atoms with van der Waals surface area (Å²) in [4.78, 5) is 13.3. The van der Waals surface area contributed by atoms with Gasteiger partial charge in [-0.25, -0.2) is 4.79 Å². The second-order valence-corrected chi connectivity index (χ2v) is 4.96. The fraction of sp³-hybridized carbons (Fsp3) is 0.500. The van der Waals surface area contributed by atoms with Gasteiger partial charge in [0.25, 0.3) is 0 Å². The van der Waals surface area contributed by atoms with Crippen LogP contribution in [-0.4, -0.2) is 24.2 Å². The summed E-state index contributed by atoms with van der Waals surface area (Å²) in [6, 6.07) is 4.92. The molecule has 0 aliphatic carbocycles. The van der Waals surface area contributed by atoms with Crippen molar-refractivity contribution < 1.29 is 9.90 Å². The molecule has 18 heavy (non-hydrogen) atoms. The molecular formula is C14H20ClNO2. The molecular weight excluding hydrogens is 250 g/mol. The number of aromatic carboxylic acids is 1. The molecule has 0 aliphatic heterocycles. The second kappa shape index (κ2) is 6.64. The molecule has 0 fully saturated rings. The van der Waals surface area contributed by atoms with Crippen LogP contribution in [0.2, 0.25) is 5.02 Å². The molecule has 3 nitrogen and oxygen atoms in total. The van der Waals surface area contributed by atoms with E-state index in [2.05, 4.69) is 18.7 Å². The van der Waals surface area contributed by atoms with Crippen molar-refractivity contribution in [1.29, 1.82) is 0 Å². The fourth-order valence-electron chi connectivity index (χ4n) is 1.85. The zero-order valence-electron chi connectivity index (χ0n) is 11.1. The van der Waals surface area contributed by atoms with Gasteiger partial charge in [-0.2, -0.15) is 0 Å². The van der Waals surface area contributed by atoms with Crippen molar-refractivity contribution in [3.8, 4) is 0 Å². The molecule has 0 spiro atoms. The molecule has 0 radical (unpaired) electrons. The summed E-state index contributed by atoms with van der Waals surface area (Å²) in [6.07, 6.45) is 1.07. The Hall–Kier alpha value is -1.22. The Balaban J connectivity index is 3.10. The smallest absolute Gasteiger partial charge is 0.337 e. The van der Waals surface area contributed by atoms with Crippen molar-refractivity contribution >= 4 is 23.3 Å². The monoisotopic (exact) mass is 269 g/mol. The Kier molecular flexibility index (Phi) is 5.48. The van der Waals surface area contributed by atoms with Gasteiger partial charge in [0.1, 0.15) is 0 Å². The van der Waals surface area contributed by atoms with Gasteiger partial charge in [-0.3, -0.25) is 0 Å². The first-order valence-electron chi connectivity index (χ1n) is 6.27. The molecule has 1 aromatic rings. The number of halogens is 1. The van der Waals surface area contributed by atoms with Crippen molar-refractivity contribution in [3.63, 3.8) is 0 Å². The van der Waals surface area contributed by atoms with Crippen LogP contribution in [0.5, 0.6) is 0 Å². The standard InChI is InChI=1S/C14H20ClNO2/c1-4-10(3)9-16(5-2)13-8-11(15)6-7-12(13)14(17)18/h6-8,10H,4-5,9H2,1-3H3,(H,17,18). The predicted molar refractivity (Wildman–Crippen MR) is 75.8 cm³/mol. The molecule has 4 heteroatoms. The Labute approximate surface area is 113 Å². The Morgan fingerprint density at radius 3 is 2.61 bits per heavy atom. The number of carbonyl (C=O) groups is 1. The molecule has 0 amide bonds. The zero-order valence-corrected chi connectivity index (χ0v) is 11.9. The maximum Gasteiger partial charge on any atom is 0.337 e. The van der Waals surface area contributed by atoms with Crippen LogP contribution in [0.4, 0.5) is 5.69 Å². The topological polar surface area (TPSA) is 40.5 Å². The zero-order chi connectivity index (χ0) is 13.7. The van der Waals surface area contributed by atoms with Gasteiger partial charge in [0, 0.05) is 18.1 Å². The third-order valence-electron chi connectivity index (χ3n) is 3.14. The lowest BCUT2D eigenvalue weighted by molar-refractivity contribution is 0.0697. The van der Waals surface area contributed by atoms with Crippen LogP contribution in [-0.2, 0) is 0 Å². The lowest BCUT2D eigenvalue weighted by Crippen LogP contribution is -2.29. The molecule has 1 rings (SSSR count). The highest BCUT2D eigenvalue weighted by molar-refractivity contribution is 6.31. The maximum absolute atomic E-state index is 11.2.